The summed E-state index contributed by atoms with van der Waals surface area (Å²) in [6, 6.07) is 24.1. The molecule has 3 aromatic carbocycles. The molecular formula is C48H36N8. The molecule has 1 aliphatic heterocycles. The van der Waals surface area contributed by atoms with Crippen molar-refractivity contribution in [3.8, 4) is 28.3 Å². The van der Waals surface area contributed by atoms with Gasteiger partial charge in [0.15, 0.2) is 11.6 Å². The molecule has 0 saturated carbocycles. The van der Waals surface area contributed by atoms with Crippen molar-refractivity contribution in [2.75, 3.05) is 4.90 Å². The Hall–Kier alpha value is -6.80. The molecule has 268 valence electrons. The quantitative estimate of drug-likeness (QED) is 0.179. The zero-order valence-electron chi connectivity index (χ0n) is 31.1. The first kappa shape index (κ1) is 31.5. The monoisotopic (exact) mass is 724 g/mol. The molecule has 4 aliphatic rings. The van der Waals surface area contributed by atoms with Gasteiger partial charge in [-0.25, -0.2) is 29.9 Å². The van der Waals surface area contributed by atoms with Gasteiger partial charge in [-0.05, 0) is 150 Å². The Bertz CT molecular complexity index is 3020. The molecule has 0 saturated heterocycles. The van der Waals surface area contributed by atoms with Crippen molar-refractivity contribution in [2.24, 2.45) is 0 Å². The highest BCUT2D eigenvalue weighted by Crippen LogP contribution is 2.57. The molecule has 0 amide bonds. The second kappa shape index (κ2) is 11.8. The van der Waals surface area contributed by atoms with Crippen LogP contribution in [0.2, 0.25) is 0 Å². The van der Waals surface area contributed by atoms with Crippen LogP contribution in [0.25, 0.3) is 55.7 Å². The number of aromatic nitrogens is 7. The number of rotatable bonds is 4. The van der Waals surface area contributed by atoms with Crippen LogP contribution in [-0.2, 0) is 25.7 Å². The maximum atomic E-state index is 5.01. The predicted octanol–water partition coefficient (Wildman–Crippen LogP) is 9.56. The van der Waals surface area contributed by atoms with Crippen LogP contribution in [-0.4, -0.2) is 40.5 Å². The van der Waals surface area contributed by atoms with Gasteiger partial charge in [0.2, 0.25) is 0 Å². The lowest BCUT2D eigenvalue weighted by molar-refractivity contribution is 0.738. The van der Waals surface area contributed by atoms with Crippen LogP contribution in [0.15, 0.2) is 122 Å². The van der Waals surface area contributed by atoms with Gasteiger partial charge in [-0.1, -0.05) is 24.3 Å². The number of aryl methyl sites for hydroxylation is 5. The van der Waals surface area contributed by atoms with Crippen molar-refractivity contribution in [1.82, 2.24) is 34.5 Å². The number of hydrogen-bond acceptors (Lipinski definition) is 7. The van der Waals surface area contributed by atoms with E-state index in [-0.39, 0.29) is 12.0 Å². The van der Waals surface area contributed by atoms with Crippen molar-refractivity contribution in [2.45, 2.75) is 51.5 Å². The lowest BCUT2D eigenvalue weighted by Gasteiger charge is -2.34. The minimum Gasteiger partial charge on any atom is -0.318 e. The van der Waals surface area contributed by atoms with E-state index in [0.717, 1.165) is 65.6 Å². The normalized spacial score (nSPS) is 17.5. The summed E-state index contributed by atoms with van der Waals surface area (Å²) in [4.78, 5) is 31.0. The zero-order valence-corrected chi connectivity index (χ0v) is 31.1. The van der Waals surface area contributed by atoms with E-state index in [1.54, 1.807) is 0 Å². The fraction of sp³-hybridized carbons (Fsp3) is 0.167. The minimum atomic E-state index is 0.105. The van der Waals surface area contributed by atoms with E-state index in [2.05, 4.69) is 116 Å². The summed E-state index contributed by atoms with van der Waals surface area (Å²) in [5, 5.41) is 2.47. The van der Waals surface area contributed by atoms with Crippen molar-refractivity contribution >= 4 is 38.9 Å². The van der Waals surface area contributed by atoms with Crippen LogP contribution in [0, 0.1) is 13.8 Å². The topological polar surface area (TPSA) is 85.5 Å². The van der Waals surface area contributed by atoms with Gasteiger partial charge in [0, 0.05) is 65.0 Å². The molecule has 8 aromatic rings. The van der Waals surface area contributed by atoms with Gasteiger partial charge in [-0.2, -0.15) is 0 Å². The third-order valence-corrected chi connectivity index (χ3v) is 12.3. The molecule has 5 aromatic heterocycles. The standard InChI is InChI=1S/C48H36N8/c1-27-13-19-49-41(21-27)55-39-11-7-31(47-51-15-3-16-52-47)25-35(39)37-23-29-6-10-34-44-30(5-9-33(43(29)44)45(37)55)24-38-36-26-32(48-53-17-4-18-54-48)8-12-40(36)56(46(34)38)42-22-28(2)14-20-50-42/h3-4,7-8,11-26,35,39H,5-6,9-10H2,1-2H3. The molecule has 56 heavy (non-hydrogen) atoms. The van der Waals surface area contributed by atoms with E-state index in [0.29, 0.717) is 0 Å². The van der Waals surface area contributed by atoms with Crippen LogP contribution < -0.4 is 4.90 Å². The van der Waals surface area contributed by atoms with Crippen LogP contribution in [0.5, 0.6) is 0 Å². The summed E-state index contributed by atoms with van der Waals surface area (Å²) >= 11 is 0. The van der Waals surface area contributed by atoms with Gasteiger partial charge in [-0.3, -0.25) is 4.57 Å². The average molecular weight is 725 g/mol. The van der Waals surface area contributed by atoms with Crippen molar-refractivity contribution in [3.63, 3.8) is 0 Å². The largest absolute Gasteiger partial charge is 0.318 e. The van der Waals surface area contributed by atoms with E-state index in [1.807, 2.05) is 49.3 Å². The zero-order chi connectivity index (χ0) is 37.1. The number of hydrogen-bond donors (Lipinski definition) is 0. The molecule has 0 spiro atoms. The molecule has 0 fully saturated rings. The van der Waals surface area contributed by atoms with Gasteiger partial charge < -0.3 is 4.90 Å². The van der Waals surface area contributed by atoms with E-state index in [9.17, 15) is 0 Å². The summed E-state index contributed by atoms with van der Waals surface area (Å²) < 4.78 is 2.41. The Labute approximate surface area is 324 Å². The number of allylic oxidation sites excluding steroid dienone is 2. The second-order valence-electron chi connectivity index (χ2n) is 15.6. The first-order valence-electron chi connectivity index (χ1n) is 19.5. The minimum absolute atomic E-state index is 0.105. The molecule has 6 heterocycles. The SMILES string of the molecule is Cc1ccnc(N2c3c(cc4c5c3CCc3cc6c7cc(-c8ncccn8)ccc7n(-c7cc(C)ccn7)c6c(c3-5)CC4)C3C=C(c4ncccn4)C=CC32)c1. The maximum Gasteiger partial charge on any atom is 0.159 e. The lowest BCUT2D eigenvalue weighted by Crippen LogP contribution is -2.30. The second-order valence-corrected chi connectivity index (χ2v) is 15.6. The summed E-state index contributed by atoms with van der Waals surface area (Å²) in [6.07, 6.45) is 22.0. The van der Waals surface area contributed by atoms with E-state index >= 15 is 0 Å². The molecule has 8 heteroatoms. The van der Waals surface area contributed by atoms with Crippen LogP contribution in [0.1, 0.15) is 50.7 Å². The number of benzene rings is 3. The lowest BCUT2D eigenvalue weighted by atomic mass is 9.72. The Morgan fingerprint density at radius 2 is 1.29 bits per heavy atom. The maximum absolute atomic E-state index is 5.01. The first-order chi connectivity index (χ1) is 27.6. The molecule has 2 unspecified atom stereocenters. The summed E-state index contributed by atoms with van der Waals surface area (Å²) in [6.45, 7) is 4.30. The molecule has 0 bridgehead atoms. The van der Waals surface area contributed by atoms with Crippen LogP contribution in [0.4, 0.5) is 11.5 Å². The number of fused-ring (bicyclic) bond motifs is 8. The van der Waals surface area contributed by atoms with Gasteiger partial charge in [0.1, 0.15) is 11.6 Å². The summed E-state index contributed by atoms with van der Waals surface area (Å²) in [7, 11) is 0. The Kier molecular flexibility index (Phi) is 6.67. The molecule has 2 atom stereocenters. The third kappa shape index (κ3) is 4.53. The van der Waals surface area contributed by atoms with Crippen LogP contribution >= 0.6 is 0 Å². The van der Waals surface area contributed by atoms with Crippen molar-refractivity contribution in [3.05, 3.63) is 167 Å². The van der Waals surface area contributed by atoms with Gasteiger partial charge >= 0.3 is 0 Å². The summed E-state index contributed by atoms with van der Waals surface area (Å²) in [5.74, 6) is 3.59. The molecule has 0 radical (unpaired) electrons. The fourth-order valence-corrected chi connectivity index (χ4v) is 10.0. The van der Waals surface area contributed by atoms with Gasteiger partial charge in [0.05, 0.1) is 22.8 Å². The van der Waals surface area contributed by atoms with Gasteiger partial charge in [0.25, 0.3) is 0 Å². The van der Waals surface area contributed by atoms with Crippen LogP contribution in [0.3, 0.4) is 0 Å². The van der Waals surface area contributed by atoms with E-state index in [4.69, 9.17) is 9.97 Å². The molecular weight excluding hydrogens is 689 g/mol. The molecule has 3 aliphatic carbocycles. The summed E-state index contributed by atoms with van der Waals surface area (Å²) in [5.41, 5.74) is 18.2. The van der Waals surface area contributed by atoms with Crippen molar-refractivity contribution < 1.29 is 0 Å². The number of anilines is 2. The Morgan fingerprint density at radius 3 is 2.05 bits per heavy atom. The fourth-order valence-electron chi connectivity index (χ4n) is 10.0. The predicted molar refractivity (Wildman–Crippen MR) is 221 cm³/mol. The Morgan fingerprint density at radius 1 is 0.607 bits per heavy atom. The number of pyridine rings is 2. The highest BCUT2D eigenvalue weighted by atomic mass is 15.2. The Balaban J connectivity index is 1.12. The number of nitrogens with zero attached hydrogens (tertiary/aromatic N) is 8. The van der Waals surface area contributed by atoms with E-state index in [1.165, 1.54) is 72.0 Å². The molecule has 0 N–H and O–H groups in total. The first-order valence-corrected chi connectivity index (χ1v) is 19.5. The molecule has 8 nitrogen and oxygen atoms in total. The average Bonchev–Trinajstić information content (AvgIpc) is 3.75. The highest BCUT2D eigenvalue weighted by molar-refractivity contribution is 6.14. The van der Waals surface area contributed by atoms with Gasteiger partial charge in [-0.15, -0.1) is 0 Å². The van der Waals surface area contributed by atoms with Crippen molar-refractivity contribution in [1.29, 1.82) is 0 Å². The van der Waals surface area contributed by atoms with E-state index < -0.39 is 0 Å². The third-order valence-electron chi connectivity index (χ3n) is 12.3. The highest BCUT2D eigenvalue weighted by Gasteiger charge is 2.44. The molecule has 12 rings (SSSR count). The smallest absolute Gasteiger partial charge is 0.159 e.